The molecular weight excluding hydrogens is 200 g/mol. The first kappa shape index (κ1) is 12.4. The van der Waals surface area contributed by atoms with Gasteiger partial charge in [0, 0.05) is 6.61 Å². The topological polar surface area (TPSA) is 54.0 Å². The van der Waals surface area contributed by atoms with Crippen molar-refractivity contribution < 1.29 is 23.7 Å². The molecule has 0 aromatic rings. The highest BCUT2D eigenvalue weighted by Crippen LogP contribution is 2.13. The summed E-state index contributed by atoms with van der Waals surface area (Å²) >= 11 is 0. The molecule has 1 heterocycles. The van der Waals surface area contributed by atoms with Crippen LogP contribution in [0.4, 0.5) is 0 Å². The zero-order valence-corrected chi connectivity index (χ0v) is 9.23. The monoisotopic (exact) mass is 218 g/mol. The average Bonchev–Trinajstić information content (AvgIpc) is 2.72. The fourth-order valence-corrected chi connectivity index (χ4v) is 1.22. The summed E-state index contributed by atoms with van der Waals surface area (Å²) in [5.74, 6) is -0.397. The maximum Gasteiger partial charge on any atom is 0.337 e. The van der Waals surface area contributed by atoms with Gasteiger partial charge in [0.2, 0.25) is 0 Å². The van der Waals surface area contributed by atoms with Gasteiger partial charge in [-0.2, -0.15) is 0 Å². The molecule has 1 saturated heterocycles. The van der Waals surface area contributed by atoms with Crippen molar-refractivity contribution in [1.29, 1.82) is 0 Å². The van der Waals surface area contributed by atoms with Crippen LogP contribution in [0.15, 0.2) is 0 Å². The van der Waals surface area contributed by atoms with Crippen LogP contribution < -0.4 is 0 Å². The van der Waals surface area contributed by atoms with Gasteiger partial charge in [-0.3, -0.25) is 0 Å². The molecule has 1 fully saturated rings. The second-order valence-electron chi connectivity index (χ2n) is 3.34. The zero-order chi connectivity index (χ0) is 11.1. The SMILES string of the molecule is CCCCOCC1OCC(C(=O)OC)O1. The molecule has 0 aromatic carbocycles. The lowest BCUT2D eigenvalue weighted by molar-refractivity contribution is -0.157. The second-order valence-corrected chi connectivity index (χ2v) is 3.34. The van der Waals surface area contributed by atoms with E-state index in [-0.39, 0.29) is 6.61 Å². The fraction of sp³-hybridized carbons (Fsp3) is 0.900. The Labute approximate surface area is 89.6 Å². The molecule has 1 aliphatic heterocycles. The van der Waals surface area contributed by atoms with Crippen molar-refractivity contribution in [1.82, 2.24) is 0 Å². The molecule has 2 unspecified atom stereocenters. The summed E-state index contributed by atoms with van der Waals surface area (Å²) in [6.07, 6.45) is 1.07. The Morgan fingerprint density at radius 2 is 2.33 bits per heavy atom. The molecule has 88 valence electrons. The normalized spacial score (nSPS) is 25.5. The fourth-order valence-electron chi connectivity index (χ4n) is 1.22. The first-order valence-corrected chi connectivity index (χ1v) is 5.20. The molecule has 5 heteroatoms. The highest BCUT2D eigenvalue weighted by molar-refractivity contribution is 5.74. The van der Waals surface area contributed by atoms with Crippen molar-refractivity contribution >= 4 is 5.97 Å². The van der Waals surface area contributed by atoms with E-state index in [1.165, 1.54) is 7.11 Å². The van der Waals surface area contributed by atoms with Gasteiger partial charge in [0.1, 0.15) is 0 Å². The Balaban J connectivity index is 2.11. The van der Waals surface area contributed by atoms with Gasteiger partial charge in [-0.15, -0.1) is 0 Å². The van der Waals surface area contributed by atoms with Crippen LogP contribution in [-0.2, 0) is 23.7 Å². The van der Waals surface area contributed by atoms with Gasteiger partial charge in [0.05, 0.1) is 20.3 Å². The number of methoxy groups -OCH3 is 1. The van der Waals surface area contributed by atoms with Crippen LogP contribution in [0.3, 0.4) is 0 Å². The standard InChI is InChI=1S/C10H18O5/c1-3-4-5-13-7-9-14-6-8(15-9)10(11)12-2/h8-9H,3-7H2,1-2H3. The van der Waals surface area contributed by atoms with Crippen LogP contribution in [0.2, 0.25) is 0 Å². The van der Waals surface area contributed by atoms with Crippen LogP contribution >= 0.6 is 0 Å². The third kappa shape index (κ3) is 4.15. The molecule has 2 atom stereocenters. The highest BCUT2D eigenvalue weighted by atomic mass is 16.7. The van der Waals surface area contributed by atoms with Crippen molar-refractivity contribution in [2.75, 3.05) is 26.9 Å². The first-order valence-electron chi connectivity index (χ1n) is 5.20. The molecule has 0 amide bonds. The summed E-state index contributed by atoms with van der Waals surface area (Å²) in [6.45, 7) is 3.41. The predicted octanol–water partition coefficient (Wildman–Crippen LogP) is 0.718. The third-order valence-corrected chi connectivity index (χ3v) is 2.11. The van der Waals surface area contributed by atoms with Gasteiger partial charge in [0.15, 0.2) is 12.4 Å². The van der Waals surface area contributed by atoms with Gasteiger partial charge in [-0.25, -0.2) is 4.79 Å². The van der Waals surface area contributed by atoms with E-state index in [2.05, 4.69) is 11.7 Å². The third-order valence-electron chi connectivity index (χ3n) is 2.11. The molecule has 0 aliphatic carbocycles. The Kier molecular flexibility index (Phi) is 5.60. The largest absolute Gasteiger partial charge is 0.467 e. The molecule has 5 nitrogen and oxygen atoms in total. The van der Waals surface area contributed by atoms with E-state index in [0.29, 0.717) is 13.2 Å². The predicted molar refractivity (Wildman–Crippen MR) is 52.4 cm³/mol. The number of carbonyl (C=O) groups is 1. The van der Waals surface area contributed by atoms with E-state index in [9.17, 15) is 4.79 Å². The number of carbonyl (C=O) groups excluding carboxylic acids is 1. The summed E-state index contributed by atoms with van der Waals surface area (Å²) in [6, 6.07) is 0. The average molecular weight is 218 g/mol. The minimum atomic E-state index is -0.602. The summed E-state index contributed by atoms with van der Waals surface area (Å²) < 4.78 is 20.4. The number of esters is 1. The summed E-state index contributed by atoms with van der Waals surface area (Å²) in [4.78, 5) is 11.1. The zero-order valence-electron chi connectivity index (χ0n) is 9.23. The number of unbranched alkanes of at least 4 members (excludes halogenated alkanes) is 1. The molecular formula is C10H18O5. The molecule has 1 rings (SSSR count). The number of hydrogen-bond donors (Lipinski definition) is 0. The van der Waals surface area contributed by atoms with Crippen LogP contribution in [0.5, 0.6) is 0 Å². The maximum atomic E-state index is 11.1. The summed E-state index contributed by atoms with van der Waals surface area (Å²) in [5, 5.41) is 0. The van der Waals surface area contributed by atoms with E-state index in [0.717, 1.165) is 12.8 Å². The Morgan fingerprint density at radius 3 is 3.00 bits per heavy atom. The second kappa shape index (κ2) is 6.76. The van der Waals surface area contributed by atoms with Gasteiger partial charge >= 0.3 is 5.97 Å². The van der Waals surface area contributed by atoms with Crippen molar-refractivity contribution in [2.24, 2.45) is 0 Å². The minimum absolute atomic E-state index is 0.245. The Bertz CT molecular complexity index is 194. The molecule has 0 radical (unpaired) electrons. The van der Waals surface area contributed by atoms with Gasteiger partial charge in [0.25, 0.3) is 0 Å². The van der Waals surface area contributed by atoms with Gasteiger partial charge in [-0.05, 0) is 6.42 Å². The lowest BCUT2D eigenvalue weighted by Crippen LogP contribution is -2.26. The van der Waals surface area contributed by atoms with Crippen molar-refractivity contribution in [3.8, 4) is 0 Å². The smallest absolute Gasteiger partial charge is 0.337 e. The van der Waals surface area contributed by atoms with Crippen LogP contribution in [0, 0.1) is 0 Å². The molecule has 0 aromatic heterocycles. The molecule has 15 heavy (non-hydrogen) atoms. The van der Waals surface area contributed by atoms with E-state index < -0.39 is 18.4 Å². The van der Waals surface area contributed by atoms with E-state index in [4.69, 9.17) is 14.2 Å². The van der Waals surface area contributed by atoms with Crippen molar-refractivity contribution in [3.05, 3.63) is 0 Å². The Hall–Kier alpha value is -0.650. The summed E-state index contributed by atoms with van der Waals surface area (Å²) in [7, 11) is 1.33. The first-order chi connectivity index (χ1) is 7.27. The van der Waals surface area contributed by atoms with E-state index in [1.807, 2.05) is 0 Å². The van der Waals surface area contributed by atoms with Crippen molar-refractivity contribution in [3.63, 3.8) is 0 Å². The number of ether oxygens (including phenoxy) is 4. The minimum Gasteiger partial charge on any atom is -0.467 e. The van der Waals surface area contributed by atoms with Crippen molar-refractivity contribution in [2.45, 2.75) is 32.2 Å². The highest BCUT2D eigenvalue weighted by Gasteiger charge is 2.32. The number of hydrogen-bond acceptors (Lipinski definition) is 5. The lowest BCUT2D eigenvalue weighted by atomic mass is 10.4. The van der Waals surface area contributed by atoms with E-state index in [1.54, 1.807) is 0 Å². The summed E-state index contributed by atoms with van der Waals surface area (Å²) in [5.41, 5.74) is 0. The molecule has 1 aliphatic rings. The quantitative estimate of drug-likeness (QED) is 0.485. The van der Waals surface area contributed by atoms with Crippen LogP contribution in [0.25, 0.3) is 0 Å². The van der Waals surface area contributed by atoms with Gasteiger partial charge in [-0.1, -0.05) is 13.3 Å². The Morgan fingerprint density at radius 1 is 1.53 bits per heavy atom. The van der Waals surface area contributed by atoms with Crippen LogP contribution in [-0.4, -0.2) is 45.3 Å². The molecule has 0 bridgehead atoms. The molecule has 0 N–H and O–H groups in total. The van der Waals surface area contributed by atoms with Crippen LogP contribution in [0.1, 0.15) is 19.8 Å². The number of rotatable bonds is 6. The molecule has 0 spiro atoms. The van der Waals surface area contributed by atoms with E-state index >= 15 is 0 Å². The van der Waals surface area contributed by atoms with Gasteiger partial charge < -0.3 is 18.9 Å². The maximum absolute atomic E-state index is 11.1. The lowest BCUT2D eigenvalue weighted by Gasteiger charge is -2.10. The molecule has 0 saturated carbocycles.